The van der Waals surface area contributed by atoms with Crippen molar-refractivity contribution in [3.63, 3.8) is 0 Å². The van der Waals surface area contributed by atoms with Gasteiger partial charge in [0.15, 0.2) is 0 Å². The van der Waals surface area contributed by atoms with Crippen molar-refractivity contribution in [1.29, 1.82) is 0 Å². The summed E-state index contributed by atoms with van der Waals surface area (Å²) in [7, 11) is 2.15. The van der Waals surface area contributed by atoms with Gasteiger partial charge in [-0.2, -0.15) is 0 Å². The number of amides is 1. The number of rotatable bonds is 5. The van der Waals surface area contributed by atoms with Crippen LogP contribution in [0.15, 0.2) is 0 Å². The van der Waals surface area contributed by atoms with Gasteiger partial charge in [-0.15, -0.1) is 0 Å². The van der Waals surface area contributed by atoms with Crippen LogP contribution < -0.4 is 11.1 Å². The summed E-state index contributed by atoms with van der Waals surface area (Å²) < 4.78 is 0. The van der Waals surface area contributed by atoms with Crippen LogP contribution in [0, 0.1) is 11.3 Å². The van der Waals surface area contributed by atoms with Gasteiger partial charge in [0.2, 0.25) is 5.91 Å². The Bertz CT molecular complexity index is 300. The van der Waals surface area contributed by atoms with E-state index in [4.69, 9.17) is 5.73 Å². The van der Waals surface area contributed by atoms with E-state index in [9.17, 15) is 4.79 Å². The average molecular weight is 267 g/mol. The zero-order valence-electron chi connectivity index (χ0n) is 12.3. The van der Waals surface area contributed by atoms with Crippen LogP contribution >= 0.6 is 0 Å². The molecule has 0 aromatic heterocycles. The third kappa shape index (κ3) is 4.18. The normalized spacial score (nSPS) is 27.4. The molecule has 3 N–H and O–H groups in total. The smallest absolute Gasteiger partial charge is 0.220 e. The maximum atomic E-state index is 12.1. The van der Waals surface area contributed by atoms with Crippen molar-refractivity contribution in [2.75, 3.05) is 33.2 Å². The Morgan fingerprint density at radius 2 is 2.11 bits per heavy atom. The van der Waals surface area contributed by atoms with E-state index in [1.54, 1.807) is 0 Å². The fourth-order valence-electron chi connectivity index (χ4n) is 3.61. The van der Waals surface area contributed by atoms with Crippen molar-refractivity contribution < 1.29 is 4.79 Å². The van der Waals surface area contributed by atoms with Gasteiger partial charge in [-0.1, -0.05) is 19.3 Å². The number of nitrogens with one attached hydrogen (secondary N) is 1. The number of nitrogens with two attached hydrogens (primary N) is 1. The largest absolute Gasteiger partial charge is 0.356 e. The highest BCUT2D eigenvalue weighted by molar-refractivity contribution is 5.76. The minimum atomic E-state index is 0.0921. The van der Waals surface area contributed by atoms with E-state index in [0.29, 0.717) is 18.9 Å². The first-order valence-corrected chi connectivity index (χ1v) is 7.79. The molecule has 1 heterocycles. The minimum Gasteiger partial charge on any atom is -0.356 e. The van der Waals surface area contributed by atoms with Crippen LogP contribution in [-0.2, 0) is 4.79 Å². The zero-order chi connectivity index (χ0) is 13.7. The quantitative estimate of drug-likeness (QED) is 0.790. The Hall–Kier alpha value is -0.610. The first kappa shape index (κ1) is 14.8. The SMILES string of the molecule is CN1CCC(CNC(=O)CC2(CN)CCCCC2)C1. The maximum absolute atomic E-state index is 12.1. The van der Waals surface area contributed by atoms with Gasteiger partial charge in [-0.05, 0) is 50.7 Å². The van der Waals surface area contributed by atoms with Gasteiger partial charge in [-0.3, -0.25) is 4.79 Å². The van der Waals surface area contributed by atoms with Crippen LogP contribution in [0.3, 0.4) is 0 Å². The first-order chi connectivity index (χ1) is 9.13. The second-order valence-corrected chi connectivity index (χ2v) is 6.66. The van der Waals surface area contributed by atoms with Crippen molar-refractivity contribution in [2.45, 2.75) is 44.9 Å². The molecule has 0 spiro atoms. The molecule has 2 aliphatic rings. The number of carbonyl (C=O) groups excluding carboxylic acids is 1. The standard InChI is InChI=1S/C15H29N3O/c1-18-8-5-13(11-18)10-17-14(19)9-15(12-16)6-3-2-4-7-15/h13H,2-12,16H2,1H3,(H,17,19). The molecule has 0 bridgehead atoms. The molecule has 4 nitrogen and oxygen atoms in total. The zero-order valence-corrected chi connectivity index (χ0v) is 12.3. The van der Waals surface area contributed by atoms with Crippen molar-refractivity contribution in [1.82, 2.24) is 10.2 Å². The summed E-state index contributed by atoms with van der Waals surface area (Å²) >= 11 is 0. The molecular weight excluding hydrogens is 238 g/mol. The highest BCUT2D eigenvalue weighted by Crippen LogP contribution is 2.38. The molecule has 1 saturated heterocycles. The lowest BCUT2D eigenvalue weighted by atomic mass is 9.71. The van der Waals surface area contributed by atoms with Crippen molar-refractivity contribution in [2.24, 2.45) is 17.1 Å². The summed E-state index contributed by atoms with van der Waals surface area (Å²) in [5.41, 5.74) is 6.03. The van der Waals surface area contributed by atoms with Gasteiger partial charge in [0.05, 0.1) is 0 Å². The average Bonchev–Trinajstić information content (AvgIpc) is 2.83. The molecule has 1 saturated carbocycles. The fourth-order valence-corrected chi connectivity index (χ4v) is 3.61. The third-order valence-corrected chi connectivity index (χ3v) is 4.96. The predicted molar refractivity (Wildman–Crippen MR) is 77.8 cm³/mol. The molecule has 4 heteroatoms. The lowest BCUT2D eigenvalue weighted by Gasteiger charge is -2.35. The van der Waals surface area contributed by atoms with Gasteiger partial charge < -0.3 is 16.0 Å². The number of likely N-dealkylation sites (tertiary alicyclic amines) is 1. The van der Waals surface area contributed by atoms with Crippen molar-refractivity contribution >= 4 is 5.91 Å². The van der Waals surface area contributed by atoms with E-state index in [2.05, 4.69) is 17.3 Å². The Morgan fingerprint density at radius 1 is 1.37 bits per heavy atom. The minimum absolute atomic E-state index is 0.0921. The number of hydrogen-bond acceptors (Lipinski definition) is 3. The predicted octanol–water partition coefficient (Wildman–Crippen LogP) is 1.35. The van der Waals surface area contributed by atoms with Crippen LogP contribution in [0.5, 0.6) is 0 Å². The van der Waals surface area contributed by atoms with E-state index in [1.807, 2.05) is 0 Å². The lowest BCUT2D eigenvalue weighted by Crippen LogP contribution is -2.40. The van der Waals surface area contributed by atoms with Crippen LogP contribution in [0.25, 0.3) is 0 Å². The Kier molecular flexibility index (Phi) is 5.22. The van der Waals surface area contributed by atoms with E-state index in [1.165, 1.54) is 25.7 Å². The fraction of sp³-hybridized carbons (Fsp3) is 0.933. The molecule has 1 aliphatic carbocycles. The monoisotopic (exact) mass is 267 g/mol. The molecule has 0 aromatic carbocycles. The van der Waals surface area contributed by atoms with Gasteiger partial charge >= 0.3 is 0 Å². The number of nitrogens with zero attached hydrogens (tertiary/aromatic N) is 1. The third-order valence-electron chi connectivity index (χ3n) is 4.96. The molecular formula is C15H29N3O. The van der Waals surface area contributed by atoms with E-state index in [0.717, 1.165) is 32.5 Å². The summed E-state index contributed by atoms with van der Waals surface area (Å²) in [5.74, 6) is 0.844. The van der Waals surface area contributed by atoms with Crippen LogP contribution in [0.1, 0.15) is 44.9 Å². The van der Waals surface area contributed by atoms with Crippen molar-refractivity contribution in [3.8, 4) is 0 Å². The lowest BCUT2D eigenvalue weighted by molar-refractivity contribution is -0.124. The maximum Gasteiger partial charge on any atom is 0.220 e. The van der Waals surface area contributed by atoms with E-state index in [-0.39, 0.29) is 11.3 Å². The molecule has 0 radical (unpaired) electrons. The van der Waals surface area contributed by atoms with Crippen LogP contribution in [0.4, 0.5) is 0 Å². The molecule has 19 heavy (non-hydrogen) atoms. The summed E-state index contributed by atoms with van der Waals surface area (Å²) in [6.45, 7) is 3.77. The number of hydrogen-bond donors (Lipinski definition) is 2. The van der Waals surface area contributed by atoms with Crippen LogP contribution in [-0.4, -0.2) is 44.0 Å². The second kappa shape index (κ2) is 6.71. The first-order valence-electron chi connectivity index (χ1n) is 7.79. The van der Waals surface area contributed by atoms with Gasteiger partial charge in [-0.25, -0.2) is 0 Å². The molecule has 2 fully saturated rings. The summed E-state index contributed by atoms with van der Waals surface area (Å²) in [6, 6.07) is 0. The Morgan fingerprint density at radius 3 is 2.68 bits per heavy atom. The number of carbonyl (C=O) groups is 1. The molecule has 110 valence electrons. The summed E-state index contributed by atoms with van der Waals surface area (Å²) in [5, 5.41) is 3.13. The van der Waals surface area contributed by atoms with Gasteiger partial charge in [0.1, 0.15) is 0 Å². The molecule has 2 rings (SSSR count). The molecule has 1 amide bonds. The second-order valence-electron chi connectivity index (χ2n) is 6.66. The molecule has 1 atom stereocenters. The highest BCUT2D eigenvalue weighted by atomic mass is 16.1. The van der Waals surface area contributed by atoms with Gasteiger partial charge in [0, 0.05) is 19.5 Å². The molecule has 1 unspecified atom stereocenters. The molecule has 1 aliphatic heterocycles. The van der Waals surface area contributed by atoms with Gasteiger partial charge in [0.25, 0.3) is 0 Å². The Labute approximate surface area is 117 Å². The topological polar surface area (TPSA) is 58.4 Å². The summed E-state index contributed by atoms with van der Waals surface area (Å²) in [4.78, 5) is 14.5. The van der Waals surface area contributed by atoms with Crippen molar-refractivity contribution in [3.05, 3.63) is 0 Å². The molecule has 0 aromatic rings. The summed E-state index contributed by atoms with van der Waals surface area (Å²) in [6.07, 6.45) is 7.87. The van der Waals surface area contributed by atoms with E-state index >= 15 is 0 Å². The Balaban J connectivity index is 1.73. The van der Waals surface area contributed by atoms with E-state index < -0.39 is 0 Å². The van der Waals surface area contributed by atoms with Crippen LogP contribution in [0.2, 0.25) is 0 Å². The highest BCUT2D eigenvalue weighted by Gasteiger charge is 2.33.